The van der Waals surface area contributed by atoms with Crippen LogP contribution in [0.15, 0.2) is 42.5 Å². The number of benzene rings is 2. The van der Waals surface area contributed by atoms with Gasteiger partial charge in [-0.1, -0.05) is 18.2 Å². The summed E-state index contributed by atoms with van der Waals surface area (Å²) >= 11 is 0. The molecule has 2 N–H and O–H groups in total. The third-order valence-corrected chi connectivity index (χ3v) is 4.70. The highest BCUT2D eigenvalue weighted by Crippen LogP contribution is 2.20. The topological polar surface area (TPSA) is 78.5 Å². The number of carbonyl (C=O) groups excluding carboxylic acids is 1. The van der Waals surface area contributed by atoms with Crippen molar-refractivity contribution in [2.75, 3.05) is 31.6 Å². The van der Waals surface area contributed by atoms with Gasteiger partial charge in [0.1, 0.15) is 5.82 Å². The van der Waals surface area contributed by atoms with Crippen LogP contribution in [-0.4, -0.2) is 46.1 Å². The Bertz CT molecular complexity index is 930. The van der Waals surface area contributed by atoms with Crippen molar-refractivity contribution in [3.63, 3.8) is 0 Å². The van der Waals surface area contributed by atoms with E-state index in [1.54, 1.807) is 31.2 Å². The minimum atomic E-state index is -3.44. The van der Waals surface area contributed by atoms with Gasteiger partial charge in [-0.25, -0.2) is 12.8 Å². The fraction of sp³-hybridized carbons (Fsp3) is 0.316. The molecule has 0 aliphatic heterocycles. The number of hydrogen-bond acceptors (Lipinski definition) is 4. The van der Waals surface area contributed by atoms with E-state index in [1.807, 2.05) is 19.0 Å². The summed E-state index contributed by atoms with van der Waals surface area (Å²) in [4.78, 5) is 14.4. The largest absolute Gasteiger partial charge is 0.350 e. The molecule has 0 saturated carbocycles. The summed E-state index contributed by atoms with van der Waals surface area (Å²) in [7, 11) is 0.255. The minimum Gasteiger partial charge on any atom is -0.350 e. The maximum absolute atomic E-state index is 13.5. The first kappa shape index (κ1) is 20.9. The summed E-state index contributed by atoms with van der Waals surface area (Å²) in [5, 5.41) is 2.83. The molecule has 0 fully saturated rings. The number of halogens is 1. The van der Waals surface area contributed by atoms with Gasteiger partial charge in [0, 0.05) is 12.1 Å². The molecule has 0 unspecified atom stereocenters. The Hall–Kier alpha value is -2.45. The molecule has 2 aromatic rings. The maximum Gasteiger partial charge on any atom is 0.251 e. The molecule has 0 aliphatic carbocycles. The van der Waals surface area contributed by atoms with Gasteiger partial charge in [-0.05, 0) is 56.4 Å². The zero-order chi connectivity index (χ0) is 20.2. The van der Waals surface area contributed by atoms with E-state index in [0.29, 0.717) is 16.8 Å². The molecule has 2 rings (SSSR count). The number of anilines is 1. The molecule has 0 aromatic heterocycles. The lowest BCUT2D eigenvalue weighted by atomic mass is 10.1. The standard InChI is InChI=1S/C19H24FN3O3S/c1-13-8-9-15(11-17(13)22-27(4,25)26)19(24)21-12-18(23(2)3)14-6-5-7-16(20)10-14/h5-11,18,22H,12H2,1-4H3,(H,21,24)/t18-/m0/s1. The molecule has 2 aromatic carbocycles. The predicted molar refractivity (Wildman–Crippen MR) is 105 cm³/mol. The predicted octanol–water partition coefficient (Wildman–Crippen LogP) is 2.54. The van der Waals surface area contributed by atoms with Gasteiger partial charge in [0.25, 0.3) is 5.91 Å². The van der Waals surface area contributed by atoms with Crippen LogP contribution >= 0.6 is 0 Å². The highest BCUT2D eigenvalue weighted by Gasteiger charge is 2.17. The summed E-state index contributed by atoms with van der Waals surface area (Å²) < 4.78 is 38.8. The maximum atomic E-state index is 13.5. The molecule has 0 aliphatic rings. The Balaban J connectivity index is 2.15. The molecule has 146 valence electrons. The van der Waals surface area contributed by atoms with Crippen LogP contribution < -0.4 is 10.0 Å². The zero-order valence-corrected chi connectivity index (χ0v) is 16.6. The Kier molecular flexibility index (Phi) is 6.56. The normalized spacial score (nSPS) is 12.7. The Labute approximate surface area is 159 Å². The van der Waals surface area contributed by atoms with Gasteiger partial charge in [-0.15, -0.1) is 0 Å². The average Bonchev–Trinajstić information content (AvgIpc) is 2.55. The van der Waals surface area contributed by atoms with Crippen LogP contribution in [0, 0.1) is 12.7 Å². The zero-order valence-electron chi connectivity index (χ0n) is 15.8. The van der Waals surface area contributed by atoms with Crippen LogP contribution in [0.25, 0.3) is 0 Å². The summed E-state index contributed by atoms with van der Waals surface area (Å²) in [6.07, 6.45) is 1.06. The van der Waals surface area contributed by atoms with Crippen LogP contribution in [0.1, 0.15) is 27.5 Å². The molecule has 0 radical (unpaired) electrons. The lowest BCUT2D eigenvalue weighted by molar-refractivity contribution is 0.0942. The van der Waals surface area contributed by atoms with Crippen molar-refractivity contribution in [3.05, 3.63) is 65.0 Å². The van der Waals surface area contributed by atoms with Crippen LogP contribution in [0.2, 0.25) is 0 Å². The number of nitrogens with zero attached hydrogens (tertiary/aromatic N) is 1. The molecule has 1 amide bonds. The number of hydrogen-bond donors (Lipinski definition) is 2. The van der Waals surface area contributed by atoms with Crippen molar-refractivity contribution in [2.24, 2.45) is 0 Å². The van der Waals surface area contributed by atoms with Crippen molar-refractivity contribution in [1.82, 2.24) is 10.2 Å². The molecular weight excluding hydrogens is 369 g/mol. The van der Waals surface area contributed by atoms with Gasteiger partial charge in [-0.3, -0.25) is 9.52 Å². The number of sulfonamides is 1. The molecule has 6 nitrogen and oxygen atoms in total. The van der Waals surface area contributed by atoms with Crippen molar-refractivity contribution in [3.8, 4) is 0 Å². The molecule has 0 spiro atoms. The number of carbonyl (C=O) groups is 1. The summed E-state index contributed by atoms with van der Waals surface area (Å²) in [6.45, 7) is 2.03. The SMILES string of the molecule is Cc1ccc(C(=O)NC[C@@H](c2cccc(F)c2)N(C)C)cc1NS(C)(=O)=O. The first-order valence-corrected chi connectivity index (χ1v) is 10.2. The average molecular weight is 393 g/mol. The number of amides is 1. The number of aryl methyl sites for hydroxylation is 1. The molecule has 0 bridgehead atoms. The monoisotopic (exact) mass is 393 g/mol. The van der Waals surface area contributed by atoms with E-state index in [4.69, 9.17) is 0 Å². The van der Waals surface area contributed by atoms with E-state index >= 15 is 0 Å². The third kappa shape index (κ3) is 6.04. The van der Waals surface area contributed by atoms with E-state index in [0.717, 1.165) is 11.8 Å². The van der Waals surface area contributed by atoms with Gasteiger partial charge in [0.15, 0.2) is 0 Å². The Morgan fingerprint density at radius 3 is 2.48 bits per heavy atom. The van der Waals surface area contributed by atoms with E-state index < -0.39 is 10.0 Å². The van der Waals surface area contributed by atoms with E-state index in [2.05, 4.69) is 10.0 Å². The number of nitrogens with one attached hydrogen (secondary N) is 2. The summed E-state index contributed by atoms with van der Waals surface area (Å²) in [5.74, 6) is -0.671. The second kappa shape index (κ2) is 8.49. The molecular formula is C19H24FN3O3S. The van der Waals surface area contributed by atoms with Crippen molar-refractivity contribution < 1.29 is 17.6 Å². The molecule has 0 saturated heterocycles. The van der Waals surface area contributed by atoms with Crippen LogP contribution in [0.5, 0.6) is 0 Å². The lowest BCUT2D eigenvalue weighted by Gasteiger charge is -2.25. The van der Waals surface area contributed by atoms with Gasteiger partial charge < -0.3 is 10.2 Å². The fourth-order valence-electron chi connectivity index (χ4n) is 2.68. The van der Waals surface area contributed by atoms with Gasteiger partial charge >= 0.3 is 0 Å². The second-order valence-electron chi connectivity index (χ2n) is 6.65. The Morgan fingerprint density at radius 2 is 1.89 bits per heavy atom. The number of likely N-dealkylation sites (N-methyl/N-ethyl adjacent to an activating group) is 1. The highest BCUT2D eigenvalue weighted by molar-refractivity contribution is 7.92. The van der Waals surface area contributed by atoms with Crippen molar-refractivity contribution in [2.45, 2.75) is 13.0 Å². The van der Waals surface area contributed by atoms with E-state index in [1.165, 1.54) is 18.2 Å². The van der Waals surface area contributed by atoms with Gasteiger partial charge in [-0.2, -0.15) is 0 Å². The minimum absolute atomic E-state index is 0.205. The van der Waals surface area contributed by atoms with Crippen LogP contribution in [0.4, 0.5) is 10.1 Å². The lowest BCUT2D eigenvalue weighted by Crippen LogP contribution is -2.34. The molecule has 1 atom stereocenters. The van der Waals surface area contributed by atoms with Gasteiger partial charge in [0.05, 0.1) is 18.0 Å². The fourth-order valence-corrected chi connectivity index (χ4v) is 3.30. The highest BCUT2D eigenvalue weighted by atomic mass is 32.2. The summed E-state index contributed by atoms with van der Waals surface area (Å²) in [6, 6.07) is 10.9. The van der Waals surface area contributed by atoms with E-state index in [9.17, 15) is 17.6 Å². The smallest absolute Gasteiger partial charge is 0.251 e. The van der Waals surface area contributed by atoms with Gasteiger partial charge in [0.2, 0.25) is 10.0 Å². The number of rotatable bonds is 7. The van der Waals surface area contributed by atoms with Crippen LogP contribution in [-0.2, 0) is 10.0 Å². The summed E-state index contributed by atoms with van der Waals surface area (Å²) in [5.41, 5.74) is 2.16. The second-order valence-corrected chi connectivity index (χ2v) is 8.40. The van der Waals surface area contributed by atoms with E-state index in [-0.39, 0.29) is 24.3 Å². The first-order chi connectivity index (χ1) is 12.6. The third-order valence-electron chi connectivity index (χ3n) is 4.11. The molecule has 0 heterocycles. The Morgan fingerprint density at radius 1 is 1.19 bits per heavy atom. The molecule has 27 heavy (non-hydrogen) atoms. The van der Waals surface area contributed by atoms with Crippen molar-refractivity contribution >= 4 is 21.6 Å². The molecule has 8 heteroatoms. The quantitative estimate of drug-likeness (QED) is 0.758. The first-order valence-electron chi connectivity index (χ1n) is 8.35. The van der Waals surface area contributed by atoms with Crippen molar-refractivity contribution in [1.29, 1.82) is 0 Å². The van der Waals surface area contributed by atoms with Crippen LogP contribution in [0.3, 0.4) is 0 Å².